The molecule has 1 atom stereocenters. The zero-order valence-corrected chi connectivity index (χ0v) is 14.8. The SMILES string of the molecule is COc1ccc2oc(Cc3ccco3)c(C(C)CCNC(C)=O)c2c1. The van der Waals surface area contributed by atoms with Crippen molar-refractivity contribution in [2.24, 2.45) is 0 Å². The molecule has 0 radical (unpaired) electrons. The maximum absolute atomic E-state index is 11.1. The third-order valence-electron chi connectivity index (χ3n) is 4.37. The number of carbonyl (C=O) groups is 1. The lowest BCUT2D eigenvalue weighted by molar-refractivity contribution is -0.118. The Morgan fingerprint density at radius 2 is 2.16 bits per heavy atom. The van der Waals surface area contributed by atoms with Gasteiger partial charge in [-0.1, -0.05) is 6.92 Å². The molecule has 132 valence electrons. The summed E-state index contributed by atoms with van der Waals surface area (Å²) in [5, 5.41) is 3.91. The number of hydrogen-bond acceptors (Lipinski definition) is 4. The second kappa shape index (κ2) is 7.47. The molecule has 1 N–H and O–H groups in total. The highest BCUT2D eigenvalue weighted by molar-refractivity contribution is 5.84. The Morgan fingerprint density at radius 1 is 1.32 bits per heavy atom. The zero-order valence-electron chi connectivity index (χ0n) is 14.8. The van der Waals surface area contributed by atoms with E-state index < -0.39 is 0 Å². The molecule has 0 aliphatic rings. The van der Waals surface area contributed by atoms with Crippen molar-refractivity contribution in [3.05, 3.63) is 53.7 Å². The molecule has 0 fully saturated rings. The van der Waals surface area contributed by atoms with E-state index >= 15 is 0 Å². The summed E-state index contributed by atoms with van der Waals surface area (Å²) in [6.45, 7) is 4.32. The molecule has 3 rings (SSSR count). The third kappa shape index (κ3) is 3.87. The number of amides is 1. The number of ether oxygens (including phenoxy) is 1. The molecule has 5 heteroatoms. The lowest BCUT2D eigenvalue weighted by atomic mass is 9.93. The van der Waals surface area contributed by atoms with E-state index in [4.69, 9.17) is 13.6 Å². The average Bonchev–Trinajstić information content (AvgIpc) is 3.21. The van der Waals surface area contributed by atoms with Crippen LogP contribution in [0.3, 0.4) is 0 Å². The fourth-order valence-electron chi connectivity index (χ4n) is 3.13. The highest BCUT2D eigenvalue weighted by Crippen LogP contribution is 2.36. The summed E-state index contributed by atoms with van der Waals surface area (Å²) < 4.78 is 17.0. The summed E-state index contributed by atoms with van der Waals surface area (Å²) in [6.07, 6.45) is 3.10. The second-order valence-electron chi connectivity index (χ2n) is 6.23. The normalized spacial score (nSPS) is 12.3. The molecule has 0 spiro atoms. The standard InChI is InChI=1S/C20H23NO4/c1-13(8-9-21-14(2)22)20-17-11-15(23-3)6-7-18(17)25-19(20)12-16-5-4-10-24-16/h4-7,10-11,13H,8-9,12H2,1-3H3,(H,21,22). The van der Waals surface area contributed by atoms with E-state index in [2.05, 4.69) is 12.2 Å². The molecule has 0 saturated heterocycles. The summed E-state index contributed by atoms with van der Waals surface area (Å²) in [7, 11) is 1.66. The third-order valence-corrected chi connectivity index (χ3v) is 4.37. The van der Waals surface area contributed by atoms with E-state index in [1.807, 2.05) is 30.3 Å². The molecular weight excluding hydrogens is 318 g/mol. The first-order chi connectivity index (χ1) is 12.1. The van der Waals surface area contributed by atoms with Crippen molar-refractivity contribution in [1.29, 1.82) is 0 Å². The van der Waals surface area contributed by atoms with E-state index in [0.717, 1.165) is 40.2 Å². The van der Waals surface area contributed by atoms with Crippen LogP contribution in [0.1, 0.15) is 43.3 Å². The number of rotatable bonds is 7. The molecular formula is C20H23NO4. The molecule has 3 aromatic rings. The number of fused-ring (bicyclic) bond motifs is 1. The molecule has 1 aromatic carbocycles. The second-order valence-corrected chi connectivity index (χ2v) is 6.23. The van der Waals surface area contributed by atoms with Gasteiger partial charge in [0.25, 0.3) is 0 Å². The van der Waals surface area contributed by atoms with Crippen LogP contribution in [0.5, 0.6) is 5.75 Å². The molecule has 1 unspecified atom stereocenters. The number of furan rings is 2. The van der Waals surface area contributed by atoms with Crippen LogP contribution in [0, 0.1) is 0 Å². The van der Waals surface area contributed by atoms with Gasteiger partial charge >= 0.3 is 0 Å². The van der Waals surface area contributed by atoms with Crippen LogP contribution < -0.4 is 10.1 Å². The highest BCUT2D eigenvalue weighted by Gasteiger charge is 2.21. The van der Waals surface area contributed by atoms with E-state index in [1.165, 1.54) is 6.92 Å². The Kier molecular flexibility index (Phi) is 5.12. The zero-order chi connectivity index (χ0) is 17.8. The fourth-order valence-corrected chi connectivity index (χ4v) is 3.13. The largest absolute Gasteiger partial charge is 0.497 e. The topological polar surface area (TPSA) is 64.6 Å². The van der Waals surface area contributed by atoms with Crippen molar-refractivity contribution in [2.45, 2.75) is 32.6 Å². The Hall–Kier alpha value is -2.69. The lowest BCUT2D eigenvalue weighted by Crippen LogP contribution is -2.22. The lowest BCUT2D eigenvalue weighted by Gasteiger charge is -2.13. The van der Waals surface area contributed by atoms with Gasteiger partial charge in [-0.25, -0.2) is 0 Å². The van der Waals surface area contributed by atoms with Crippen LogP contribution in [0.15, 0.2) is 45.4 Å². The van der Waals surface area contributed by atoms with Gasteiger partial charge in [-0.3, -0.25) is 4.79 Å². The van der Waals surface area contributed by atoms with Gasteiger partial charge in [-0.05, 0) is 42.7 Å². The molecule has 1 amide bonds. The van der Waals surface area contributed by atoms with Crippen LogP contribution in [0.2, 0.25) is 0 Å². The number of methoxy groups -OCH3 is 1. The molecule has 2 aromatic heterocycles. The molecule has 2 heterocycles. The molecule has 25 heavy (non-hydrogen) atoms. The maximum atomic E-state index is 11.1. The van der Waals surface area contributed by atoms with E-state index in [0.29, 0.717) is 13.0 Å². The Labute approximate surface area is 147 Å². The Balaban J connectivity index is 1.96. The fraction of sp³-hybridized carbons (Fsp3) is 0.350. The first-order valence-electron chi connectivity index (χ1n) is 8.44. The minimum absolute atomic E-state index is 0.0123. The van der Waals surface area contributed by atoms with Gasteiger partial charge < -0.3 is 18.9 Å². The summed E-state index contributed by atoms with van der Waals surface area (Å²) in [5.41, 5.74) is 1.99. The van der Waals surface area contributed by atoms with Gasteiger partial charge in [0.15, 0.2) is 0 Å². The molecule has 0 aliphatic carbocycles. The van der Waals surface area contributed by atoms with E-state index in [9.17, 15) is 4.79 Å². The summed E-state index contributed by atoms with van der Waals surface area (Å²) in [5.74, 6) is 2.77. The van der Waals surface area contributed by atoms with Gasteiger partial charge in [0.2, 0.25) is 5.91 Å². The Bertz CT molecular complexity index is 848. The summed E-state index contributed by atoms with van der Waals surface area (Å²) >= 11 is 0. The van der Waals surface area contributed by atoms with E-state index in [-0.39, 0.29) is 11.8 Å². The minimum Gasteiger partial charge on any atom is -0.497 e. The van der Waals surface area contributed by atoms with Crippen LogP contribution in [-0.2, 0) is 11.2 Å². The van der Waals surface area contributed by atoms with Crippen molar-refractivity contribution in [2.75, 3.05) is 13.7 Å². The van der Waals surface area contributed by atoms with Crippen LogP contribution >= 0.6 is 0 Å². The van der Waals surface area contributed by atoms with Crippen molar-refractivity contribution < 1.29 is 18.4 Å². The number of hydrogen-bond donors (Lipinski definition) is 1. The first kappa shape index (κ1) is 17.1. The van der Waals surface area contributed by atoms with Gasteiger partial charge in [0.1, 0.15) is 22.9 Å². The number of carbonyl (C=O) groups excluding carboxylic acids is 1. The predicted octanol–water partition coefficient (Wildman–Crippen LogP) is 4.25. The van der Waals surface area contributed by atoms with Crippen molar-refractivity contribution >= 4 is 16.9 Å². The summed E-state index contributed by atoms with van der Waals surface area (Å²) in [6, 6.07) is 9.66. The first-order valence-corrected chi connectivity index (χ1v) is 8.44. The smallest absolute Gasteiger partial charge is 0.216 e. The highest BCUT2D eigenvalue weighted by atomic mass is 16.5. The summed E-state index contributed by atoms with van der Waals surface area (Å²) in [4.78, 5) is 11.1. The van der Waals surface area contributed by atoms with Crippen LogP contribution in [0.4, 0.5) is 0 Å². The van der Waals surface area contributed by atoms with Gasteiger partial charge in [-0.2, -0.15) is 0 Å². The number of benzene rings is 1. The quantitative estimate of drug-likeness (QED) is 0.697. The van der Waals surface area contributed by atoms with Crippen LogP contribution in [0.25, 0.3) is 11.0 Å². The average molecular weight is 341 g/mol. The van der Waals surface area contributed by atoms with Crippen molar-refractivity contribution in [3.63, 3.8) is 0 Å². The Morgan fingerprint density at radius 3 is 2.84 bits per heavy atom. The van der Waals surface area contributed by atoms with Gasteiger partial charge in [0, 0.05) is 24.4 Å². The van der Waals surface area contributed by atoms with Gasteiger partial charge in [0.05, 0.1) is 19.8 Å². The minimum atomic E-state index is -0.0123. The molecule has 5 nitrogen and oxygen atoms in total. The molecule has 0 saturated carbocycles. The predicted molar refractivity (Wildman–Crippen MR) is 96.0 cm³/mol. The van der Waals surface area contributed by atoms with E-state index in [1.54, 1.807) is 13.4 Å². The molecule has 0 bridgehead atoms. The van der Waals surface area contributed by atoms with Crippen molar-refractivity contribution in [3.8, 4) is 5.75 Å². The monoisotopic (exact) mass is 341 g/mol. The van der Waals surface area contributed by atoms with Gasteiger partial charge in [-0.15, -0.1) is 0 Å². The maximum Gasteiger partial charge on any atom is 0.216 e. The molecule has 0 aliphatic heterocycles. The van der Waals surface area contributed by atoms with Crippen LogP contribution in [-0.4, -0.2) is 19.6 Å². The van der Waals surface area contributed by atoms with Crippen molar-refractivity contribution in [1.82, 2.24) is 5.32 Å². The number of nitrogens with one attached hydrogen (secondary N) is 1.